The van der Waals surface area contributed by atoms with Gasteiger partial charge in [0.15, 0.2) is 0 Å². The number of halogens is 3. The van der Waals surface area contributed by atoms with Gasteiger partial charge in [0.05, 0.1) is 5.56 Å². The molecule has 0 radical (unpaired) electrons. The SMILES string of the molecule is Cc1cccc(NC(=O)N(CCCNC(=O)c2cccc3ccccc23)c2cccc(C(F)(F)F)c2)c1. The fraction of sp³-hybridized carbons (Fsp3) is 0.172. The maximum Gasteiger partial charge on any atom is 0.416 e. The van der Waals surface area contributed by atoms with Gasteiger partial charge < -0.3 is 10.6 Å². The lowest BCUT2D eigenvalue weighted by atomic mass is 10.0. The molecule has 0 spiro atoms. The van der Waals surface area contributed by atoms with Gasteiger partial charge in [-0.05, 0) is 66.1 Å². The molecule has 2 N–H and O–H groups in total. The van der Waals surface area contributed by atoms with Gasteiger partial charge in [0, 0.05) is 30.0 Å². The Hall–Kier alpha value is -4.33. The summed E-state index contributed by atoms with van der Waals surface area (Å²) in [6, 6.07) is 24.2. The molecule has 8 heteroatoms. The largest absolute Gasteiger partial charge is 0.416 e. The van der Waals surface area contributed by atoms with Crippen LogP contribution in [0, 0.1) is 6.92 Å². The highest BCUT2D eigenvalue weighted by molar-refractivity contribution is 6.07. The van der Waals surface area contributed by atoms with E-state index in [4.69, 9.17) is 0 Å². The number of carbonyl (C=O) groups excluding carboxylic acids is 2. The van der Waals surface area contributed by atoms with Gasteiger partial charge in [-0.1, -0.05) is 54.6 Å². The molecule has 3 amide bonds. The smallest absolute Gasteiger partial charge is 0.352 e. The number of aryl methyl sites for hydroxylation is 1. The normalized spacial score (nSPS) is 11.2. The van der Waals surface area contributed by atoms with E-state index in [0.29, 0.717) is 17.7 Å². The highest BCUT2D eigenvalue weighted by Gasteiger charge is 2.31. The summed E-state index contributed by atoms with van der Waals surface area (Å²) >= 11 is 0. The molecule has 0 fully saturated rings. The molecule has 0 bridgehead atoms. The van der Waals surface area contributed by atoms with E-state index < -0.39 is 17.8 Å². The standard InChI is InChI=1S/C29H26F3N3O2/c1-20-8-4-12-23(18-20)34-28(37)35(24-13-6-11-22(19-24)29(30,31)32)17-7-16-33-27(36)26-15-5-10-21-9-2-3-14-25(21)26/h2-6,8-15,18-19H,7,16-17H2,1H3,(H,33,36)(H,34,37). The Balaban J connectivity index is 1.47. The topological polar surface area (TPSA) is 61.4 Å². The number of rotatable bonds is 7. The van der Waals surface area contributed by atoms with E-state index in [-0.39, 0.29) is 24.7 Å². The number of fused-ring (bicyclic) bond motifs is 1. The van der Waals surface area contributed by atoms with E-state index in [0.717, 1.165) is 28.5 Å². The number of carbonyl (C=O) groups is 2. The summed E-state index contributed by atoms with van der Waals surface area (Å²) in [4.78, 5) is 27.2. The Bertz CT molecular complexity index is 1410. The lowest BCUT2D eigenvalue weighted by Gasteiger charge is -2.24. The van der Waals surface area contributed by atoms with Crippen LogP contribution in [0.3, 0.4) is 0 Å². The first-order chi connectivity index (χ1) is 17.7. The fourth-order valence-corrected chi connectivity index (χ4v) is 4.07. The number of nitrogens with one attached hydrogen (secondary N) is 2. The molecule has 0 aliphatic rings. The molecule has 0 unspecified atom stereocenters. The van der Waals surface area contributed by atoms with Crippen molar-refractivity contribution in [2.45, 2.75) is 19.5 Å². The molecule has 5 nitrogen and oxygen atoms in total. The summed E-state index contributed by atoms with van der Waals surface area (Å²) in [5.41, 5.74) is 1.26. The lowest BCUT2D eigenvalue weighted by Crippen LogP contribution is -2.37. The zero-order valence-corrected chi connectivity index (χ0v) is 20.2. The molecule has 4 rings (SSSR count). The predicted octanol–water partition coefficient (Wildman–Crippen LogP) is 7.03. The molecular weight excluding hydrogens is 479 g/mol. The van der Waals surface area contributed by atoms with Crippen LogP contribution < -0.4 is 15.5 Å². The van der Waals surface area contributed by atoms with Crippen molar-refractivity contribution < 1.29 is 22.8 Å². The Morgan fingerprint density at radius 3 is 2.38 bits per heavy atom. The average Bonchev–Trinajstić information content (AvgIpc) is 2.87. The van der Waals surface area contributed by atoms with Crippen molar-refractivity contribution in [3.05, 3.63) is 108 Å². The molecule has 0 aliphatic heterocycles. The number of amides is 3. The van der Waals surface area contributed by atoms with E-state index in [2.05, 4.69) is 10.6 Å². The summed E-state index contributed by atoms with van der Waals surface area (Å²) in [5, 5.41) is 7.37. The first-order valence-electron chi connectivity index (χ1n) is 11.8. The molecular formula is C29H26F3N3O2. The minimum atomic E-state index is -4.54. The number of anilines is 2. The monoisotopic (exact) mass is 505 g/mol. The first-order valence-corrected chi connectivity index (χ1v) is 11.8. The highest BCUT2D eigenvalue weighted by Crippen LogP contribution is 2.32. The van der Waals surface area contributed by atoms with Gasteiger partial charge in [0.1, 0.15) is 0 Å². The van der Waals surface area contributed by atoms with Crippen LogP contribution in [-0.4, -0.2) is 25.0 Å². The predicted molar refractivity (Wildman–Crippen MR) is 140 cm³/mol. The quantitative estimate of drug-likeness (QED) is 0.265. The van der Waals surface area contributed by atoms with E-state index in [1.54, 1.807) is 24.3 Å². The van der Waals surface area contributed by atoms with Crippen molar-refractivity contribution in [2.75, 3.05) is 23.3 Å². The van der Waals surface area contributed by atoms with E-state index in [1.165, 1.54) is 17.0 Å². The van der Waals surface area contributed by atoms with E-state index >= 15 is 0 Å². The van der Waals surface area contributed by atoms with Crippen LogP contribution in [0.25, 0.3) is 10.8 Å². The van der Waals surface area contributed by atoms with Gasteiger partial charge in [-0.3, -0.25) is 9.69 Å². The van der Waals surface area contributed by atoms with Gasteiger partial charge in [0.2, 0.25) is 0 Å². The van der Waals surface area contributed by atoms with Crippen LogP contribution in [0.2, 0.25) is 0 Å². The Morgan fingerprint density at radius 2 is 1.59 bits per heavy atom. The molecule has 0 saturated heterocycles. The zero-order valence-electron chi connectivity index (χ0n) is 20.2. The second-order valence-corrected chi connectivity index (χ2v) is 8.64. The van der Waals surface area contributed by atoms with Crippen molar-refractivity contribution in [3.8, 4) is 0 Å². The van der Waals surface area contributed by atoms with Gasteiger partial charge in [-0.25, -0.2) is 4.79 Å². The van der Waals surface area contributed by atoms with Crippen LogP contribution >= 0.6 is 0 Å². The molecule has 0 atom stereocenters. The van der Waals surface area contributed by atoms with Crippen molar-refractivity contribution >= 4 is 34.1 Å². The van der Waals surface area contributed by atoms with Crippen molar-refractivity contribution in [1.29, 1.82) is 0 Å². The Kier molecular flexibility index (Phi) is 7.77. The summed E-state index contributed by atoms with van der Waals surface area (Å²) in [5.74, 6) is -0.258. The molecule has 4 aromatic carbocycles. The number of benzene rings is 4. The first kappa shape index (κ1) is 25.8. The number of alkyl halides is 3. The molecule has 0 saturated carbocycles. The number of hydrogen-bond donors (Lipinski definition) is 2. The molecule has 190 valence electrons. The molecule has 0 heterocycles. The van der Waals surface area contributed by atoms with Crippen LogP contribution in [0.15, 0.2) is 91.0 Å². The van der Waals surface area contributed by atoms with E-state index in [9.17, 15) is 22.8 Å². The van der Waals surface area contributed by atoms with Crippen molar-refractivity contribution in [2.24, 2.45) is 0 Å². The minimum absolute atomic E-state index is 0.0920. The van der Waals surface area contributed by atoms with Gasteiger partial charge >= 0.3 is 12.2 Å². The molecule has 4 aromatic rings. The summed E-state index contributed by atoms with van der Waals surface area (Å²) in [7, 11) is 0. The van der Waals surface area contributed by atoms with Gasteiger partial charge in [-0.2, -0.15) is 13.2 Å². The van der Waals surface area contributed by atoms with Crippen LogP contribution in [0.1, 0.15) is 27.9 Å². The molecule has 0 aromatic heterocycles. The number of hydrogen-bond acceptors (Lipinski definition) is 2. The van der Waals surface area contributed by atoms with Crippen molar-refractivity contribution in [1.82, 2.24) is 5.32 Å². The number of nitrogens with zero attached hydrogens (tertiary/aromatic N) is 1. The fourth-order valence-electron chi connectivity index (χ4n) is 4.07. The summed E-state index contributed by atoms with van der Waals surface area (Å²) in [6.07, 6.45) is -4.21. The molecule has 37 heavy (non-hydrogen) atoms. The second-order valence-electron chi connectivity index (χ2n) is 8.64. The third kappa shape index (κ3) is 6.46. The summed E-state index contributed by atoms with van der Waals surface area (Å²) in [6.45, 7) is 2.20. The Morgan fingerprint density at radius 1 is 0.865 bits per heavy atom. The van der Waals surface area contributed by atoms with Gasteiger partial charge in [-0.15, -0.1) is 0 Å². The van der Waals surface area contributed by atoms with Crippen LogP contribution in [0.5, 0.6) is 0 Å². The third-order valence-corrected chi connectivity index (χ3v) is 5.88. The highest BCUT2D eigenvalue weighted by atomic mass is 19.4. The number of urea groups is 1. The maximum absolute atomic E-state index is 13.3. The minimum Gasteiger partial charge on any atom is -0.352 e. The molecule has 0 aliphatic carbocycles. The summed E-state index contributed by atoms with van der Waals surface area (Å²) < 4.78 is 40.0. The lowest BCUT2D eigenvalue weighted by molar-refractivity contribution is -0.137. The third-order valence-electron chi connectivity index (χ3n) is 5.88. The van der Waals surface area contributed by atoms with E-state index in [1.807, 2.05) is 49.4 Å². The van der Waals surface area contributed by atoms with Crippen molar-refractivity contribution in [3.63, 3.8) is 0 Å². The van der Waals surface area contributed by atoms with Crippen LogP contribution in [-0.2, 0) is 6.18 Å². The zero-order chi connectivity index (χ0) is 26.4. The Labute approximate surface area is 212 Å². The van der Waals surface area contributed by atoms with Gasteiger partial charge in [0.25, 0.3) is 5.91 Å². The average molecular weight is 506 g/mol. The second kappa shape index (κ2) is 11.2. The maximum atomic E-state index is 13.3. The van der Waals surface area contributed by atoms with Crippen LogP contribution in [0.4, 0.5) is 29.3 Å².